The number of carbonyl (C=O) groups excluding carboxylic acids is 1. The first-order chi connectivity index (χ1) is 6.68. The summed E-state index contributed by atoms with van der Waals surface area (Å²) in [6.07, 6.45) is 0. The van der Waals surface area contributed by atoms with E-state index in [-0.39, 0.29) is 5.97 Å². The van der Waals surface area contributed by atoms with E-state index in [2.05, 4.69) is 0 Å². The van der Waals surface area contributed by atoms with Gasteiger partial charge in [0.15, 0.2) is 0 Å². The molecule has 0 atom stereocenters. The van der Waals surface area contributed by atoms with Crippen LogP contribution in [0.5, 0.6) is 0 Å². The van der Waals surface area contributed by atoms with Crippen LogP contribution in [0.4, 0.5) is 0 Å². The molecule has 76 valence electrons. The van der Waals surface area contributed by atoms with E-state index in [1.807, 2.05) is 39.8 Å². The second kappa shape index (κ2) is 4.27. The summed E-state index contributed by atoms with van der Waals surface area (Å²) in [6.45, 7) is 8.48. The van der Waals surface area contributed by atoms with Crippen molar-refractivity contribution in [2.45, 2.75) is 34.3 Å². The fourth-order valence-electron chi connectivity index (χ4n) is 1.41. The molecule has 0 spiro atoms. The Morgan fingerprint density at radius 3 is 2.36 bits per heavy atom. The van der Waals surface area contributed by atoms with Crippen LogP contribution in [0, 0.1) is 13.8 Å². The van der Waals surface area contributed by atoms with Crippen molar-refractivity contribution in [3.05, 3.63) is 34.4 Å². The van der Waals surface area contributed by atoms with Crippen LogP contribution in [-0.4, -0.2) is 5.97 Å². The monoisotopic (exact) mass is 192 g/mol. The van der Waals surface area contributed by atoms with Crippen LogP contribution in [0.2, 0.25) is 0 Å². The number of fused-ring (bicyclic) bond motifs is 1. The maximum Gasteiger partial charge on any atom is 0.338 e. The zero-order valence-corrected chi connectivity index (χ0v) is 9.18. The Labute approximate surface area is 84.9 Å². The highest BCUT2D eigenvalue weighted by Gasteiger charge is 2.21. The first kappa shape index (κ1) is 10.8. The van der Waals surface area contributed by atoms with Gasteiger partial charge in [0, 0.05) is 5.56 Å². The number of esters is 1. The van der Waals surface area contributed by atoms with Crippen molar-refractivity contribution in [1.29, 1.82) is 0 Å². The molecule has 0 aromatic heterocycles. The Morgan fingerprint density at radius 2 is 1.71 bits per heavy atom. The highest BCUT2D eigenvalue weighted by Crippen LogP contribution is 2.22. The summed E-state index contributed by atoms with van der Waals surface area (Å²) < 4.78 is 4.89. The molecule has 0 bridgehead atoms. The second-order valence-electron chi connectivity index (χ2n) is 3.17. The molecule has 0 N–H and O–H groups in total. The lowest BCUT2D eigenvalue weighted by atomic mass is 10.0. The van der Waals surface area contributed by atoms with Gasteiger partial charge >= 0.3 is 5.97 Å². The average Bonchev–Trinajstić information content (AvgIpc) is 2.53. The first-order valence-corrected chi connectivity index (χ1v) is 4.96. The van der Waals surface area contributed by atoms with E-state index >= 15 is 0 Å². The summed E-state index contributed by atoms with van der Waals surface area (Å²) >= 11 is 0. The molecule has 0 fully saturated rings. The van der Waals surface area contributed by atoms with E-state index in [1.54, 1.807) is 0 Å². The molecule has 0 radical (unpaired) electrons. The number of carbonyl (C=O) groups is 1. The minimum absolute atomic E-state index is 0.187. The van der Waals surface area contributed by atoms with Crippen molar-refractivity contribution in [2.75, 3.05) is 0 Å². The molecule has 0 aliphatic carbocycles. The fourth-order valence-corrected chi connectivity index (χ4v) is 1.41. The SMILES string of the molecule is CC.Cc1cc2c(cc1C)C(=O)OC2. The third kappa shape index (κ3) is 1.79. The highest BCUT2D eigenvalue weighted by molar-refractivity contribution is 5.93. The highest BCUT2D eigenvalue weighted by atomic mass is 16.5. The van der Waals surface area contributed by atoms with E-state index in [0.717, 1.165) is 16.7 Å². The van der Waals surface area contributed by atoms with Gasteiger partial charge in [-0.3, -0.25) is 0 Å². The van der Waals surface area contributed by atoms with Gasteiger partial charge in [-0.2, -0.15) is 0 Å². The Balaban J connectivity index is 0.000000461. The van der Waals surface area contributed by atoms with Gasteiger partial charge in [0.1, 0.15) is 6.61 Å². The largest absolute Gasteiger partial charge is 0.457 e. The van der Waals surface area contributed by atoms with Crippen LogP contribution in [-0.2, 0) is 11.3 Å². The predicted molar refractivity (Wildman–Crippen MR) is 56.4 cm³/mol. The summed E-state index contributed by atoms with van der Waals surface area (Å²) in [5.74, 6) is -0.187. The summed E-state index contributed by atoms with van der Waals surface area (Å²) in [7, 11) is 0. The van der Waals surface area contributed by atoms with Crippen molar-refractivity contribution in [3.63, 3.8) is 0 Å². The van der Waals surface area contributed by atoms with Crippen LogP contribution in [0.25, 0.3) is 0 Å². The van der Waals surface area contributed by atoms with Crippen molar-refractivity contribution < 1.29 is 9.53 Å². The Bertz CT molecular complexity index is 354. The predicted octanol–water partition coefficient (Wildman–Crippen LogP) is 3.00. The van der Waals surface area contributed by atoms with Crippen LogP contribution in [0.3, 0.4) is 0 Å². The molecule has 2 rings (SSSR count). The number of cyclic esters (lactones) is 1. The van der Waals surface area contributed by atoms with E-state index in [4.69, 9.17) is 4.74 Å². The second-order valence-corrected chi connectivity index (χ2v) is 3.17. The van der Waals surface area contributed by atoms with Gasteiger partial charge in [-0.05, 0) is 31.0 Å². The van der Waals surface area contributed by atoms with Crippen molar-refractivity contribution >= 4 is 5.97 Å². The third-order valence-corrected chi connectivity index (χ3v) is 2.30. The molecule has 1 aromatic rings. The smallest absolute Gasteiger partial charge is 0.338 e. The maximum atomic E-state index is 11.1. The molecule has 0 saturated heterocycles. The number of ether oxygens (including phenoxy) is 1. The molecule has 1 aliphatic heterocycles. The molecule has 1 heterocycles. The van der Waals surface area contributed by atoms with Crippen molar-refractivity contribution in [2.24, 2.45) is 0 Å². The van der Waals surface area contributed by atoms with Gasteiger partial charge in [-0.15, -0.1) is 0 Å². The average molecular weight is 192 g/mol. The van der Waals surface area contributed by atoms with Gasteiger partial charge in [-0.25, -0.2) is 4.79 Å². The standard InChI is InChI=1S/C10H10O2.C2H6/c1-6-3-8-5-12-10(11)9(8)4-7(6)2;1-2/h3-4H,5H2,1-2H3;1-2H3. The van der Waals surface area contributed by atoms with Crippen LogP contribution < -0.4 is 0 Å². The maximum absolute atomic E-state index is 11.1. The summed E-state index contributed by atoms with van der Waals surface area (Å²) in [5, 5.41) is 0. The molecular formula is C12H16O2. The van der Waals surface area contributed by atoms with Gasteiger partial charge in [-0.1, -0.05) is 19.9 Å². The lowest BCUT2D eigenvalue weighted by Crippen LogP contribution is -1.94. The minimum atomic E-state index is -0.187. The van der Waals surface area contributed by atoms with Crippen LogP contribution in [0.15, 0.2) is 12.1 Å². The molecule has 2 heteroatoms. The van der Waals surface area contributed by atoms with Gasteiger partial charge in [0.2, 0.25) is 0 Å². The van der Waals surface area contributed by atoms with Gasteiger partial charge in [0.05, 0.1) is 5.56 Å². The molecule has 0 saturated carbocycles. The van der Waals surface area contributed by atoms with Crippen molar-refractivity contribution in [1.82, 2.24) is 0 Å². The number of hydrogen-bond donors (Lipinski definition) is 0. The van der Waals surface area contributed by atoms with Crippen LogP contribution in [0.1, 0.15) is 40.9 Å². The fraction of sp³-hybridized carbons (Fsp3) is 0.417. The zero-order valence-electron chi connectivity index (χ0n) is 9.18. The lowest BCUT2D eigenvalue weighted by Gasteiger charge is -2.00. The Morgan fingerprint density at radius 1 is 1.14 bits per heavy atom. The minimum Gasteiger partial charge on any atom is -0.457 e. The first-order valence-electron chi connectivity index (χ1n) is 4.96. The molecule has 1 aromatic carbocycles. The third-order valence-electron chi connectivity index (χ3n) is 2.30. The van der Waals surface area contributed by atoms with E-state index in [9.17, 15) is 4.79 Å². The van der Waals surface area contributed by atoms with E-state index in [0.29, 0.717) is 6.61 Å². The number of benzene rings is 1. The number of rotatable bonds is 0. The lowest BCUT2D eigenvalue weighted by molar-refractivity contribution is 0.0535. The van der Waals surface area contributed by atoms with Gasteiger partial charge in [0.25, 0.3) is 0 Å². The molecule has 0 amide bonds. The Kier molecular flexibility index (Phi) is 3.28. The quantitative estimate of drug-likeness (QED) is 0.591. The summed E-state index contributed by atoms with van der Waals surface area (Å²) in [5.41, 5.74) is 4.11. The molecule has 1 aliphatic rings. The van der Waals surface area contributed by atoms with E-state index in [1.165, 1.54) is 5.56 Å². The van der Waals surface area contributed by atoms with Gasteiger partial charge < -0.3 is 4.74 Å². The van der Waals surface area contributed by atoms with Crippen LogP contribution >= 0.6 is 0 Å². The molecular weight excluding hydrogens is 176 g/mol. The Hall–Kier alpha value is -1.31. The summed E-state index contributed by atoms with van der Waals surface area (Å²) in [6, 6.07) is 3.93. The normalized spacial score (nSPS) is 12.7. The zero-order chi connectivity index (χ0) is 10.7. The number of aryl methyl sites for hydroxylation is 2. The summed E-state index contributed by atoms with van der Waals surface area (Å²) in [4.78, 5) is 11.1. The molecule has 0 unspecified atom stereocenters. The van der Waals surface area contributed by atoms with E-state index < -0.39 is 0 Å². The number of hydrogen-bond acceptors (Lipinski definition) is 2. The molecule has 14 heavy (non-hydrogen) atoms. The van der Waals surface area contributed by atoms with Crippen molar-refractivity contribution in [3.8, 4) is 0 Å². The molecule has 2 nitrogen and oxygen atoms in total. The topological polar surface area (TPSA) is 26.3 Å².